The maximum absolute atomic E-state index is 8.83. The molecule has 1 heterocycles. The first-order chi connectivity index (χ1) is 12.8. The van der Waals surface area contributed by atoms with E-state index in [9.17, 15) is 0 Å². The SMILES string of the molecule is N#Cc1ccc(/C=C\c2cccc(/C=C/c3ccc(C#N)cc3)n2)cc1. The number of nitrogens with zero attached hydrogens (tertiary/aromatic N) is 3. The van der Waals surface area contributed by atoms with Crippen LogP contribution in [0, 0.1) is 22.7 Å². The minimum absolute atomic E-state index is 0.648. The van der Waals surface area contributed by atoms with Crippen LogP contribution in [0.1, 0.15) is 33.6 Å². The normalized spacial score (nSPS) is 10.7. The zero-order valence-electron chi connectivity index (χ0n) is 14.0. The lowest BCUT2D eigenvalue weighted by atomic mass is 10.1. The Hall–Kier alpha value is -3.95. The summed E-state index contributed by atoms with van der Waals surface area (Å²) in [5, 5.41) is 17.7. The van der Waals surface area contributed by atoms with Crippen molar-refractivity contribution in [3.63, 3.8) is 0 Å². The number of rotatable bonds is 4. The van der Waals surface area contributed by atoms with Crippen molar-refractivity contribution in [1.29, 1.82) is 10.5 Å². The molecule has 0 fully saturated rings. The Kier molecular flexibility index (Phi) is 5.35. The van der Waals surface area contributed by atoms with Crippen LogP contribution in [0.5, 0.6) is 0 Å². The predicted octanol–water partition coefficient (Wildman–Crippen LogP) is 5.17. The molecule has 0 aliphatic heterocycles. The van der Waals surface area contributed by atoms with Crippen molar-refractivity contribution < 1.29 is 0 Å². The van der Waals surface area contributed by atoms with E-state index in [-0.39, 0.29) is 0 Å². The summed E-state index contributed by atoms with van der Waals surface area (Å²) >= 11 is 0. The van der Waals surface area contributed by atoms with Crippen LogP contribution < -0.4 is 0 Å². The van der Waals surface area contributed by atoms with Crippen LogP contribution in [0.15, 0.2) is 66.7 Å². The Balaban J connectivity index is 1.72. The van der Waals surface area contributed by atoms with Gasteiger partial charge in [0.05, 0.1) is 34.7 Å². The second-order valence-electron chi connectivity index (χ2n) is 5.62. The van der Waals surface area contributed by atoms with E-state index in [0.717, 1.165) is 22.5 Å². The molecule has 0 unspecified atom stereocenters. The monoisotopic (exact) mass is 333 g/mol. The van der Waals surface area contributed by atoms with Crippen LogP contribution in [0.3, 0.4) is 0 Å². The highest BCUT2D eigenvalue weighted by atomic mass is 14.7. The number of pyridine rings is 1. The molecule has 3 heteroatoms. The number of aromatic nitrogens is 1. The van der Waals surface area contributed by atoms with Gasteiger partial charge in [0.15, 0.2) is 0 Å². The molecule has 0 amide bonds. The Morgan fingerprint density at radius 2 is 1.00 bits per heavy atom. The van der Waals surface area contributed by atoms with E-state index in [0.29, 0.717) is 11.1 Å². The van der Waals surface area contributed by atoms with E-state index in [1.54, 1.807) is 24.3 Å². The number of benzene rings is 2. The molecular weight excluding hydrogens is 318 g/mol. The van der Waals surface area contributed by atoms with Gasteiger partial charge in [0.1, 0.15) is 0 Å². The van der Waals surface area contributed by atoms with E-state index in [2.05, 4.69) is 17.1 Å². The summed E-state index contributed by atoms with van der Waals surface area (Å²) in [6, 6.07) is 24.9. The second kappa shape index (κ2) is 8.24. The number of hydrogen-bond donors (Lipinski definition) is 0. The van der Waals surface area contributed by atoms with Gasteiger partial charge in [-0.1, -0.05) is 42.5 Å². The fraction of sp³-hybridized carbons (Fsp3) is 0. The standard InChI is InChI=1S/C23H15N3/c24-16-20-8-4-18(5-9-20)12-14-22-2-1-3-23(26-22)15-13-19-6-10-21(17-25)11-7-19/h1-15H/b14-12-,15-13+. The molecule has 26 heavy (non-hydrogen) atoms. The molecule has 0 aliphatic rings. The van der Waals surface area contributed by atoms with E-state index < -0.39 is 0 Å². The van der Waals surface area contributed by atoms with Crippen LogP contribution in [0.4, 0.5) is 0 Å². The van der Waals surface area contributed by atoms with Crippen LogP contribution in [-0.4, -0.2) is 4.98 Å². The molecule has 0 saturated heterocycles. The molecule has 0 atom stereocenters. The molecule has 0 spiro atoms. The lowest BCUT2D eigenvalue weighted by Crippen LogP contribution is -1.84. The Bertz CT molecular complexity index is 946. The van der Waals surface area contributed by atoms with Gasteiger partial charge in [0.2, 0.25) is 0 Å². The maximum Gasteiger partial charge on any atom is 0.0991 e. The number of nitriles is 2. The van der Waals surface area contributed by atoms with E-state index in [1.807, 2.05) is 66.8 Å². The van der Waals surface area contributed by atoms with Crippen LogP contribution >= 0.6 is 0 Å². The average molecular weight is 333 g/mol. The first-order valence-corrected chi connectivity index (χ1v) is 8.10. The van der Waals surface area contributed by atoms with Crippen molar-refractivity contribution in [2.24, 2.45) is 0 Å². The Labute approximate surface area is 152 Å². The lowest BCUT2D eigenvalue weighted by Gasteiger charge is -1.98. The smallest absolute Gasteiger partial charge is 0.0991 e. The van der Waals surface area contributed by atoms with Gasteiger partial charge in [0.25, 0.3) is 0 Å². The minimum Gasteiger partial charge on any atom is -0.249 e. The Morgan fingerprint density at radius 3 is 1.38 bits per heavy atom. The molecule has 3 aromatic rings. The van der Waals surface area contributed by atoms with Gasteiger partial charge < -0.3 is 0 Å². The summed E-state index contributed by atoms with van der Waals surface area (Å²) in [5.74, 6) is 0. The summed E-state index contributed by atoms with van der Waals surface area (Å²) in [6.45, 7) is 0. The molecule has 0 N–H and O–H groups in total. The molecule has 1 aromatic heterocycles. The third-order valence-corrected chi connectivity index (χ3v) is 3.76. The molecule has 0 bridgehead atoms. The predicted molar refractivity (Wildman–Crippen MR) is 104 cm³/mol. The van der Waals surface area contributed by atoms with Crippen LogP contribution in [0.2, 0.25) is 0 Å². The summed E-state index contributed by atoms with van der Waals surface area (Å²) in [4.78, 5) is 4.59. The zero-order chi connectivity index (χ0) is 18.2. The van der Waals surface area contributed by atoms with Crippen molar-refractivity contribution >= 4 is 24.3 Å². The third kappa shape index (κ3) is 4.54. The van der Waals surface area contributed by atoms with Crippen molar-refractivity contribution in [1.82, 2.24) is 4.98 Å². The van der Waals surface area contributed by atoms with E-state index in [4.69, 9.17) is 10.5 Å². The summed E-state index contributed by atoms with van der Waals surface area (Å²) in [7, 11) is 0. The average Bonchev–Trinajstić information content (AvgIpc) is 2.72. The highest BCUT2D eigenvalue weighted by Gasteiger charge is 1.94. The van der Waals surface area contributed by atoms with E-state index >= 15 is 0 Å². The van der Waals surface area contributed by atoms with Gasteiger partial charge in [0, 0.05) is 0 Å². The number of hydrogen-bond acceptors (Lipinski definition) is 3. The quantitative estimate of drug-likeness (QED) is 0.662. The largest absolute Gasteiger partial charge is 0.249 e. The summed E-state index contributed by atoms with van der Waals surface area (Å²) < 4.78 is 0. The third-order valence-electron chi connectivity index (χ3n) is 3.76. The molecule has 3 nitrogen and oxygen atoms in total. The first-order valence-electron chi connectivity index (χ1n) is 8.10. The van der Waals surface area contributed by atoms with Crippen molar-refractivity contribution in [3.05, 3.63) is 100 Å². The maximum atomic E-state index is 8.83. The highest BCUT2D eigenvalue weighted by molar-refractivity contribution is 5.71. The van der Waals surface area contributed by atoms with Gasteiger partial charge in [-0.25, -0.2) is 4.98 Å². The molecule has 0 saturated carbocycles. The highest BCUT2D eigenvalue weighted by Crippen LogP contribution is 2.11. The topological polar surface area (TPSA) is 60.5 Å². The van der Waals surface area contributed by atoms with Gasteiger partial charge in [-0.05, 0) is 59.7 Å². The van der Waals surface area contributed by atoms with Gasteiger partial charge in [-0.2, -0.15) is 10.5 Å². The molecular formula is C23H15N3. The zero-order valence-corrected chi connectivity index (χ0v) is 14.0. The minimum atomic E-state index is 0.648. The summed E-state index contributed by atoms with van der Waals surface area (Å²) in [5.41, 5.74) is 5.05. The van der Waals surface area contributed by atoms with Crippen molar-refractivity contribution in [3.8, 4) is 12.1 Å². The van der Waals surface area contributed by atoms with Gasteiger partial charge >= 0.3 is 0 Å². The molecule has 0 radical (unpaired) electrons. The fourth-order valence-corrected chi connectivity index (χ4v) is 2.36. The van der Waals surface area contributed by atoms with Crippen molar-refractivity contribution in [2.45, 2.75) is 0 Å². The van der Waals surface area contributed by atoms with Crippen molar-refractivity contribution in [2.75, 3.05) is 0 Å². The molecule has 122 valence electrons. The Morgan fingerprint density at radius 1 is 0.577 bits per heavy atom. The van der Waals surface area contributed by atoms with Gasteiger partial charge in [-0.3, -0.25) is 0 Å². The van der Waals surface area contributed by atoms with Crippen LogP contribution in [0.25, 0.3) is 24.3 Å². The first kappa shape index (κ1) is 16.9. The van der Waals surface area contributed by atoms with E-state index in [1.165, 1.54) is 0 Å². The lowest BCUT2D eigenvalue weighted by molar-refractivity contribution is 1.27. The second-order valence-corrected chi connectivity index (χ2v) is 5.62. The fourth-order valence-electron chi connectivity index (χ4n) is 2.36. The van der Waals surface area contributed by atoms with Gasteiger partial charge in [-0.15, -0.1) is 0 Å². The summed E-state index contributed by atoms with van der Waals surface area (Å²) in [6.07, 6.45) is 7.83. The molecule has 3 rings (SSSR count). The molecule has 2 aromatic carbocycles. The van der Waals surface area contributed by atoms with Crippen LogP contribution in [-0.2, 0) is 0 Å². The molecule has 0 aliphatic carbocycles.